The SMILES string of the molecule is CNCc1ccnn1CCc1cccs1. The molecule has 3 nitrogen and oxygen atoms in total. The van der Waals surface area contributed by atoms with E-state index < -0.39 is 0 Å². The van der Waals surface area contributed by atoms with Crippen LogP contribution in [0.15, 0.2) is 29.8 Å². The summed E-state index contributed by atoms with van der Waals surface area (Å²) < 4.78 is 2.07. The zero-order valence-electron chi connectivity index (χ0n) is 8.81. The fraction of sp³-hybridized carbons (Fsp3) is 0.364. The maximum absolute atomic E-state index is 4.32. The fourth-order valence-electron chi connectivity index (χ4n) is 1.56. The molecule has 0 aliphatic rings. The van der Waals surface area contributed by atoms with E-state index in [0.717, 1.165) is 19.5 Å². The fourth-order valence-corrected chi connectivity index (χ4v) is 2.26. The van der Waals surface area contributed by atoms with Crippen molar-refractivity contribution >= 4 is 11.3 Å². The van der Waals surface area contributed by atoms with Crippen molar-refractivity contribution in [2.24, 2.45) is 0 Å². The molecule has 1 N–H and O–H groups in total. The molecule has 0 aromatic carbocycles. The van der Waals surface area contributed by atoms with Crippen molar-refractivity contribution in [1.29, 1.82) is 0 Å². The second-order valence-corrected chi connectivity index (χ2v) is 4.44. The Labute approximate surface area is 93.7 Å². The summed E-state index contributed by atoms with van der Waals surface area (Å²) in [4.78, 5) is 1.42. The van der Waals surface area contributed by atoms with E-state index in [1.165, 1.54) is 10.6 Å². The first-order valence-corrected chi connectivity index (χ1v) is 5.96. The number of aromatic nitrogens is 2. The molecule has 0 unspecified atom stereocenters. The molecule has 0 spiro atoms. The van der Waals surface area contributed by atoms with Crippen LogP contribution in [0.1, 0.15) is 10.6 Å². The molecule has 0 saturated carbocycles. The van der Waals surface area contributed by atoms with Gasteiger partial charge in [-0.25, -0.2) is 0 Å². The van der Waals surface area contributed by atoms with E-state index in [0.29, 0.717) is 0 Å². The predicted molar refractivity (Wildman–Crippen MR) is 63.0 cm³/mol. The van der Waals surface area contributed by atoms with Gasteiger partial charge in [-0.15, -0.1) is 11.3 Å². The third-order valence-corrected chi connectivity index (χ3v) is 3.25. The largest absolute Gasteiger partial charge is 0.314 e. The highest BCUT2D eigenvalue weighted by atomic mass is 32.1. The summed E-state index contributed by atoms with van der Waals surface area (Å²) in [5.74, 6) is 0. The molecule has 80 valence electrons. The Morgan fingerprint density at radius 2 is 2.40 bits per heavy atom. The van der Waals surface area contributed by atoms with Crippen LogP contribution in [0, 0.1) is 0 Å². The lowest BCUT2D eigenvalue weighted by Crippen LogP contribution is -2.13. The van der Waals surface area contributed by atoms with Gasteiger partial charge < -0.3 is 5.32 Å². The topological polar surface area (TPSA) is 29.9 Å². The Hall–Kier alpha value is -1.13. The van der Waals surface area contributed by atoms with Crippen LogP contribution in [0.25, 0.3) is 0 Å². The lowest BCUT2D eigenvalue weighted by molar-refractivity contribution is 0.574. The Balaban J connectivity index is 1.95. The van der Waals surface area contributed by atoms with Crippen molar-refractivity contribution in [2.75, 3.05) is 7.05 Å². The molecular formula is C11H15N3S. The maximum atomic E-state index is 4.32. The van der Waals surface area contributed by atoms with Gasteiger partial charge in [0, 0.05) is 30.6 Å². The van der Waals surface area contributed by atoms with E-state index in [1.807, 2.05) is 24.6 Å². The Bertz CT molecular complexity index is 392. The standard InChI is InChI=1S/C11H15N3S/c1-12-9-10-4-6-13-14(10)7-5-11-3-2-8-15-11/h2-4,6,8,12H,5,7,9H2,1H3. The van der Waals surface area contributed by atoms with Crippen molar-refractivity contribution in [3.05, 3.63) is 40.3 Å². The zero-order chi connectivity index (χ0) is 10.5. The summed E-state index contributed by atoms with van der Waals surface area (Å²) in [7, 11) is 1.95. The van der Waals surface area contributed by atoms with Gasteiger partial charge in [-0.1, -0.05) is 6.07 Å². The molecule has 2 aromatic rings. The van der Waals surface area contributed by atoms with E-state index in [4.69, 9.17) is 0 Å². The van der Waals surface area contributed by atoms with Crippen LogP contribution in [-0.4, -0.2) is 16.8 Å². The predicted octanol–water partition coefficient (Wildman–Crippen LogP) is 1.91. The summed E-state index contributed by atoms with van der Waals surface area (Å²) in [6, 6.07) is 6.33. The summed E-state index contributed by atoms with van der Waals surface area (Å²) in [6.07, 6.45) is 2.93. The summed E-state index contributed by atoms with van der Waals surface area (Å²) in [6.45, 7) is 1.84. The Kier molecular flexibility index (Phi) is 3.53. The molecule has 2 rings (SSSR count). The minimum atomic E-state index is 0.879. The molecule has 0 aliphatic heterocycles. The number of hydrogen-bond donors (Lipinski definition) is 1. The van der Waals surface area contributed by atoms with Gasteiger partial charge in [0.2, 0.25) is 0 Å². The van der Waals surface area contributed by atoms with E-state index >= 15 is 0 Å². The van der Waals surface area contributed by atoms with Gasteiger partial charge in [0.25, 0.3) is 0 Å². The first-order chi connectivity index (χ1) is 7.40. The minimum absolute atomic E-state index is 0.879. The molecule has 4 heteroatoms. The number of thiophene rings is 1. The monoisotopic (exact) mass is 221 g/mol. The molecular weight excluding hydrogens is 206 g/mol. The van der Waals surface area contributed by atoms with Gasteiger partial charge in [0.05, 0.1) is 5.69 Å². The molecule has 0 atom stereocenters. The quantitative estimate of drug-likeness (QED) is 0.836. The van der Waals surface area contributed by atoms with Gasteiger partial charge in [-0.3, -0.25) is 4.68 Å². The second-order valence-electron chi connectivity index (χ2n) is 3.41. The summed E-state index contributed by atoms with van der Waals surface area (Å²) in [5, 5.41) is 9.58. The molecule has 0 saturated heterocycles. The van der Waals surface area contributed by atoms with E-state index in [-0.39, 0.29) is 0 Å². The molecule has 0 radical (unpaired) electrons. The normalized spacial score (nSPS) is 10.7. The lowest BCUT2D eigenvalue weighted by Gasteiger charge is -2.05. The average Bonchev–Trinajstić information content (AvgIpc) is 2.85. The van der Waals surface area contributed by atoms with Crippen LogP contribution in [0.5, 0.6) is 0 Å². The molecule has 2 heterocycles. The smallest absolute Gasteiger partial charge is 0.0522 e. The molecule has 2 aromatic heterocycles. The van der Waals surface area contributed by atoms with Crippen molar-refractivity contribution in [3.8, 4) is 0 Å². The lowest BCUT2D eigenvalue weighted by atomic mass is 10.3. The van der Waals surface area contributed by atoms with Gasteiger partial charge >= 0.3 is 0 Å². The van der Waals surface area contributed by atoms with Gasteiger partial charge in [-0.2, -0.15) is 5.10 Å². The highest BCUT2D eigenvalue weighted by Crippen LogP contribution is 2.10. The van der Waals surface area contributed by atoms with Gasteiger partial charge in [-0.05, 0) is 24.6 Å². The first-order valence-electron chi connectivity index (χ1n) is 5.08. The van der Waals surface area contributed by atoms with Gasteiger partial charge in [0.15, 0.2) is 0 Å². The number of aryl methyl sites for hydroxylation is 2. The van der Waals surface area contributed by atoms with Gasteiger partial charge in [0.1, 0.15) is 0 Å². The van der Waals surface area contributed by atoms with Crippen LogP contribution < -0.4 is 5.32 Å². The number of nitrogens with zero attached hydrogens (tertiary/aromatic N) is 2. The van der Waals surface area contributed by atoms with E-state index in [9.17, 15) is 0 Å². The molecule has 0 fully saturated rings. The molecule has 15 heavy (non-hydrogen) atoms. The maximum Gasteiger partial charge on any atom is 0.0522 e. The van der Waals surface area contributed by atoms with Crippen LogP contribution in [0.2, 0.25) is 0 Å². The first kappa shape index (κ1) is 10.4. The number of rotatable bonds is 5. The average molecular weight is 221 g/mol. The third kappa shape index (κ3) is 2.67. The Morgan fingerprint density at radius 1 is 1.47 bits per heavy atom. The van der Waals surface area contributed by atoms with Crippen molar-refractivity contribution in [2.45, 2.75) is 19.5 Å². The van der Waals surface area contributed by atoms with Crippen LogP contribution in [0.4, 0.5) is 0 Å². The zero-order valence-corrected chi connectivity index (χ0v) is 9.63. The van der Waals surface area contributed by atoms with Crippen LogP contribution >= 0.6 is 11.3 Å². The minimum Gasteiger partial charge on any atom is -0.314 e. The second kappa shape index (κ2) is 5.09. The third-order valence-electron chi connectivity index (χ3n) is 2.31. The van der Waals surface area contributed by atoms with Crippen LogP contribution in [0.3, 0.4) is 0 Å². The number of nitrogens with one attached hydrogen (secondary N) is 1. The van der Waals surface area contributed by atoms with E-state index in [1.54, 1.807) is 0 Å². The number of hydrogen-bond acceptors (Lipinski definition) is 3. The molecule has 0 aliphatic carbocycles. The van der Waals surface area contributed by atoms with E-state index in [2.05, 4.69) is 38.7 Å². The summed E-state index contributed by atoms with van der Waals surface area (Å²) in [5.41, 5.74) is 1.24. The van der Waals surface area contributed by atoms with Crippen molar-refractivity contribution < 1.29 is 0 Å². The molecule has 0 bridgehead atoms. The van der Waals surface area contributed by atoms with Crippen molar-refractivity contribution in [3.63, 3.8) is 0 Å². The summed E-state index contributed by atoms with van der Waals surface area (Å²) >= 11 is 1.81. The highest BCUT2D eigenvalue weighted by molar-refractivity contribution is 7.09. The Morgan fingerprint density at radius 3 is 3.13 bits per heavy atom. The van der Waals surface area contributed by atoms with Crippen LogP contribution in [-0.2, 0) is 19.5 Å². The highest BCUT2D eigenvalue weighted by Gasteiger charge is 2.01. The van der Waals surface area contributed by atoms with Crippen molar-refractivity contribution in [1.82, 2.24) is 15.1 Å². The molecule has 0 amide bonds.